The molecule has 3 rings (SSSR count). The third-order valence-electron chi connectivity index (χ3n) is 3.90. The monoisotopic (exact) mass is 504 g/mol. The zero-order valence-electron chi connectivity index (χ0n) is 15.7. The van der Waals surface area contributed by atoms with Gasteiger partial charge >= 0.3 is 0 Å². The Morgan fingerprint density at radius 3 is 2.43 bits per heavy atom. The van der Waals surface area contributed by atoms with Crippen LogP contribution in [0, 0.1) is 0 Å². The molecule has 6 nitrogen and oxygen atoms in total. The Hall–Kier alpha value is -1.64. The molecule has 1 N–H and O–H groups in total. The van der Waals surface area contributed by atoms with Crippen LogP contribution in [-0.2, 0) is 17.9 Å². The lowest BCUT2D eigenvalue weighted by Gasteiger charge is -2.10. The number of thioether (sulfide) groups is 1. The molecule has 0 bridgehead atoms. The van der Waals surface area contributed by atoms with Crippen LogP contribution >= 0.6 is 58.2 Å². The normalized spacial score (nSPS) is 10.8. The number of benzene rings is 2. The minimum Gasteiger partial charge on any atom is -0.484 e. The van der Waals surface area contributed by atoms with Crippen molar-refractivity contribution in [2.45, 2.75) is 25.2 Å². The van der Waals surface area contributed by atoms with Crippen LogP contribution in [0.2, 0.25) is 20.1 Å². The fourth-order valence-electron chi connectivity index (χ4n) is 2.49. The van der Waals surface area contributed by atoms with Crippen molar-refractivity contribution < 1.29 is 9.53 Å². The summed E-state index contributed by atoms with van der Waals surface area (Å²) in [5, 5.41) is 13.5. The SMILES string of the molecule is CCn1c(COc2ccc(Cl)cc2Cl)nnc1SCC(=O)Nc1ccc(Cl)cc1Cl. The molecule has 0 unspecified atom stereocenters. The minimum atomic E-state index is -0.222. The van der Waals surface area contributed by atoms with Gasteiger partial charge in [0.05, 0.1) is 21.5 Å². The maximum Gasteiger partial charge on any atom is 0.234 e. The Morgan fingerprint density at radius 2 is 1.77 bits per heavy atom. The van der Waals surface area contributed by atoms with Crippen LogP contribution in [0.3, 0.4) is 0 Å². The van der Waals surface area contributed by atoms with Gasteiger partial charge in [0.15, 0.2) is 11.0 Å². The van der Waals surface area contributed by atoms with Gasteiger partial charge in [0, 0.05) is 16.6 Å². The molecule has 1 amide bonds. The lowest BCUT2D eigenvalue weighted by atomic mass is 10.3. The summed E-state index contributed by atoms with van der Waals surface area (Å²) in [6, 6.07) is 9.87. The zero-order chi connectivity index (χ0) is 21.7. The van der Waals surface area contributed by atoms with Crippen LogP contribution in [0.5, 0.6) is 5.75 Å². The van der Waals surface area contributed by atoms with Gasteiger partial charge in [0.25, 0.3) is 0 Å². The third-order valence-corrected chi connectivity index (χ3v) is 5.94. The number of nitrogens with zero attached hydrogens (tertiary/aromatic N) is 3. The molecule has 0 saturated heterocycles. The summed E-state index contributed by atoms with van der Waals surface area (Å²) in [5.41, 5.74) is 0.498. The second kappa shape index (κ2) is 10.6. The van der Waals surface area contributed by atoms with Crippen molar-refractivity contribution >= 4 is 69.8 Å². The first-order valence-electron chi connectivity index (χ1n) is 8.75. The molecule has 0 aliphatic rings. The largest absolute Gasteiger partial charge is 0.484 e. The number of ether oxygens (including phenoxy) is 1. The van der Waals surface area contributed by atoms with E-state index in [1.165, 1.54) is 11.8 Å². The third kappa shape index (κ3) is 5.95. The first-order chi connectivity index (χ1) is 14.4. The summed E-state index contributed by atoms with van der Waals surface area (Å²) >= 11 is 25.2. The van der Waals surface area contributed by atoms with Gasteiger partial charge in [-0.25, -0.2) is 0 Å². The molecule has 11 heteroatoms. The molecular weight excluding hydrogens is 490 g/mol. The molecule has 0 saturated carbocycles. The first kappa shape index (κ1) is 23.0. The summed E-state index contributed by atoms with van der Waals surface area (Å²) in [6.07, 6.45) is 0. The molecule has 0 aliphatic heterocycles. The number of hydrogen-bond donors (Lipinski definition) is 1. The highest BCUT2D eigenvalue weighted by Crippen LogP contribution is 2.29. The lowest BCUT2D eigenvalue weighted by Crippen LogP contribution is -2.15. The van der Waals surface area contributed by atoms with Crippen LogP contribution < -0.4 is 10.1 Å². The van der Waals surface area contributed by atoms with Crippen molar-refractivity contribution in [1.82, 2.24) is 14.8 Å². The number of hydrogen-bond acceptors (Lipinski definition) is 5. The number of anilines is 1. The predicted molar refractivity (Wildman–Crippen MR) is 122 cm³/mol. The van der Waals surface area contributed by atoms with Crippen LogP contribution in [0.1, 0.15) is 12.7 Å². The molecule has 0 atom stereocenters. The number of halogens is 4. The van der Waals surface area contributed by atoms with E-state index in [9.17, 15) is 4.79 Å². The number of carbonyl (C=O) groups excluding carboxylic acids is 1. The molecule has 0 spiro atoms. The van der Waals surface area contributed by atoms with E-state index in [-0.39, 0.29) is 18.3 Å². The minimum absolute atomic E-state index is 0.140. The van der Waals surface area contributed by atoms with Crippen molar-refractivity contribution in [3.05, 3.63) is 62.3 Å². The van der Waals surface area contributed by atoms with Crippen molar-refractivity contribution in [2.75, 3.05) is 11.1 Å². The van der Waals surface area contributed by atoms with E-state index < -0.39 is 0 Å². The van der Waals surface area contributed by atoms with Gasteiger partial charge in [-0.3, -0.25) is 4.79 Å². The Labute approximate surface area is 197 Å². The molecule has 1 heterocycles. The molecule has 2 aromatic carbocycles. The second-order valence-electron chi connectivity index (χ2n) is 5.97. The van der Waals surface area contributed by atoms with Crippen LogP contribution in [0.25, 0.3) is 0 Å². The van der Waals surface area contributed by atoms with Crippen LogP contribution in [-0.4, -0.2) is 26.4 Å². The Morgan fingerprint density at radius 1 is 1.07 bits per heavy atom. The summed E-state index contributed by atoms with van der Waals surface area (Å²) in [5.74, 6) is 1.04. The summed E-state index contributed by atoms with van der Waals surface area (Å²) in [6.45, 7) is 2.75. The lowest BCUT2D eigenvalue weighted by molar-refractivity contribution is -0.113. The fourth-order valence-corrected chi connectivity index (χ4v) is 4.23. The molecule has 0 radical (unpaired) electrons. The first-order valence-corrected chi connectivity index (χ1v) is 11.2. The van der Waals surface area contributed by atoms with Gasteiger partial charge in [0.1, 0.15) is 12.4 Å². The Kier molecular flexibility index (Phi) is 8.13. The standard InChI is InChI=1S/C19H16Cl4N4O2S/c1-2-27-17(9-29-16-6-4-12(21)8-14(16)23)25-26-19(27)30-10-18(28)24-15-5-3-11(20)7-13(15)22/h3-8H,2,9-10H2,1H3,(H,24,28). The number of rotatable bonds is 8. The zero-order valence-corrected chi connectivity index (χ0v) is 19.5. The van der Waals surface area contributed by atoms with Crippen LogP contribution in [0.4, 0.5) is 5.69 Å². The molecule has 3 aromatic rings. The average Bonchev–Trinajstić information content (AvgIpc) is 3.09. The van der Waals surface area contributed by atoms with Crippen LogP contribution in [0.15, 0.2) is 41.6 Å². The van der Waals surface area contributed by atoms with E-state index in [2.05, 4.69) is 15.5 Å². The molecule has 0 aliphatic carbocycles. The number of nitrogens with one attached hydrogen (secondary N) is 1. The highest BCUT2D eigenvalue weighted by molar-refractivity contribution is 7.99. The number of aromatic nitrogens is 3. The van der Waals surface area contributed by atoms with Gasteiger partial charge in [-0.15, -0.1) is 10.2 Å². The van der Waals surface area contributed by atoms with Gasteiger partial charge in [-0.2, -0.15) is 0 Å². The highest BCUT2D eigenvalue weighted by Gasteiger charge is 2.15. The maximum atomic E-state index is 12.3. The topological polar surface area (TPSA) is 69.0 Å². The Bertz CT molecular complexity index is 1060. The van der Waals surface area contributed by atoms with E-state index in [1.54, 1.807) is 36.4 Å². The quantitative estimate of drug-likeness (QED) is 0.368. The van der Waals surface area contributed by atoms with Crippen molar-refractivity contribution in [2.24, 2.45) is 0 Å². The number of carbonyl (C=O) groups is 1. The van der Waals surface area contributed by atoms with Crippen molar-refractivity contribution in [3.63, 3.8) is 0 Å². The smallest absolute Gasteiger partial charge is 0.234 e. The number of amides is 1. The van der Waals surface area contributed by atoms with Gasteiger partial charge in [-0.05, 0) is 43.3 Å². The molecule has 1 aromatic heterocycles. The molecular formula is C19H16Cl4N4O2S. The van der Waals surface area contributed by atoms with Gasteiger partial charge in [0.2, 0.25) is 5.91 Å². The summed E-state index contributed by atoms with van der Waals surface area (Å²) in [7, 11) is 0. The average molecular weight is 506 g/mol. The predicted octanol–water partition coefficient (Wildman–Crippen LogP) is 6.22. The summed E-state index contributed by atoms with van der Waals surface area (Å²) in [4.78, 5) is 12.3. The van der Waals surface area contributed by atoms with E-state index in [0.717, 1.165) is 0 Å². The maximum absolute atomic E-state index is 12.3. The van der Waals surface area contributed by atoms with Gasteiger partial charge < -0.3 is 14.6 Å². The molecule has 158 valence electrons. The molecule has 0 fully saturated rings. The van der Waals surface area contributed by atoms with E-state index >= 15 is 0 Å². The van der Waals surface area contributed by atoms with Crippen molar-refractivity contribution in [1.29, 1.82) is 0 Å². The van der Waals surface area contributed by atoms with E-state index in [1.807, 2.05) is 11.5 Å². The van der Waals surface area contributed by atoms with Gasteiger partial charge in [-0.1, -0.05) is 58.2 Å². The fraction of sp³-hybridized carbons (Fsp3) is 0.211. The van der Waals surface area contributed by atoms with E-state index in [4.69, 9.17) is 51.1 Å². The second-order valence-corrected chi connectivity index (χ2v) is 8.60. The summed E-state index contributed by atoms with van der Waals surface area (Å²) < 4.78 is 7.61. The Balaban J connectivity index is 1.60. The highest BCUT2D eigenvalue weighted by atomic mass is 35.5. The van der Waals surface area contributed by atoms with E-state index in [0.29, 0.717) is 49.1 Å². The van der Waals surface area contributed by atoms with Crippen molar-refractivity contribution in [3.8, 4) is 5.75 Å². The molecule has 30 heavy (non-hydrogen) atoms.